The number of rotatable bonds is 5. The van der Waals surface area contributed by atoms with Crippen LogP contribution in [0, 0.1) is 5.92 Å². The second-order valence-electron chi connectivity index (χ2n) is 5.05. The van der Waals surface area contributed by atoms with Crippen LogP contribution in [-0.4, -0.2) is 18.7 Å². The summed E-state index contributed by atoms with van der Waals surface area (Å²) in [5.74, 6) is 2.12. The minimum Gasteiger partial charge on any atom is -0.493 e. The quantitative estimate of drug-likeness (QED) is 0.909. The van der Waals surface area contributed by atoms with Crippen molar-refractivity contribution in [3.63, 3.8) is 0 Å². The number of hydrogen-bond donors (Lipinski definition) is 1. The topological polar surface area (TPSA) is 51.3 Å². The highest BCUT2D eigenvalue weighted by molar-refractivity contribution is 5.63. The molecule has 1 fully saturated rings. The van der Waals surface area contributed by atoms with E-state index in [4.69, 9.17) is 9.47 Å². The number of benzene rings is 1. The van der Waals surface area contributed by atoms with Gasteiger partial charge in [0, 0.05) is 17.3 Å². The van der Waals surface area contributed by atoms with Crippen LogP contribution < -0.4 is 15.0 Å². The molecule has 104 valence electrons. The van der Waals surface area contributed by atoms with Gasteiger partial charge in [-0.15, -0.1) is 0 Å². The molecule has 0 saturated heterocycles. The Balaban J connectivity index is 1.91. The van der Waals surface area contributed by atoms with E-state index in [0.29, 0.717) is 11.7 Å². The molecule has 0 atom stereocenters. The molecule has 0 unspecified atom stereocenters. The van der Waals surface area contributed by atoms with Crippen molar-refractivity contribution in [3.05, 3.63) is 46.8 Å². The first kappa shape index (κ1) is 12.8. The molecule has 4 nitrogen and oxygen atoms in total. The van der Waals surface area contributed by atoms with E-state index >= 15 is 0 Å². The van der Waals surface area contributed by atoms with E-state index in [9.17, 15) is 4.79 Å². The average molecular weight is 271 g/mol. The molecular formula is C16H17NO3. The molecule has 1 saturated carbocycles. The van der Waals surface area contributed by atoms with Crippen LogP contribution in [0.1, 0.15) is 12.8 Å². The van der Waals surface area contributed by atoms with Gasteiger partial charge in [0.2, 0.25) is 5.56 Å². The standard InChI is InChI=1S/C16H17NO3/c1-19-14-8-7-12(13-3-2-4-16(18)17-13)9-15(14)20-10-11-5-6-11/h2-4,7-9,11H,5-6,10H2,1H3,(H,17,18). The fourth-order valence-electron chi connectivity index (χ4n) is 2.07. The van der Waals surface area contributed by atoms with E-state index in [2.05, 4.69) is 4.98 Å². The van der Waals surface area contributed by atoms with E-state index in [1.165, 1.54) is 18.9 Å². The molecule has 0 spiro atoms. The Labute approximate surface area is 117 Å². The Kier molecular flexibility index (Phi) is 3.46. The van der Waals surface area contributed by atoms with Crippen molar-refractivity contribution in [2.45, 2.75) is 12.8 Å². The average Bonchev–Trinajstić information content (AvgIpc) is 3.29. The van der Waals surface area contributed by atoms with Gasteiger partial charge < -0.3 is 14.5 Å². The van der Waals surface area contributed by atoms with Gasteiger partial charge in [0.05, 0.1) is 13.7 Å². The number of aromatic nitrogens is 1. The van der Waals surface area contributed by atoms with Crippen molar-refractivity contribution in [2.24, 2.45) is 5.92 Å². The van der Waals surface area contributed by atoms with Gasteiger partial charge in [-0.05, 0) is 43.0 Å². The molecule has 20 heavy (non-hydrogen) atoms. The van der Waals surface area contributed by atoms with Crippen molar-refractivity contribution in [2.75, 3.05) is 13.7 Å². The number of ether oxygens (including phenoxy) is 2. The highest BCUT2D eigenvalue weighted by Crippen LogP contribution is 2.34. The summed E-state index contributed by atoms with van der Waals surface area (Å²) in [4.78, 5) is 14.2. The lowest BCUT2D eigenvalue weighted by Gasteiger charge is -2.12. The third-order valence-electron chi connectivity index (χ3n) is 3.41. The zero-order chi connectivity index (χ0) is 13.9. The normalized spacial score (nSPS) is 14.1. The molecule has 1 aromatic heterocycles. The zero-order valence-corrected chi connectivity index (χ0v) is 11.4. The summed E-state index contributed by atoms with van der Waals surface area (Å²) in [7, 11) is 1.63. The van der Waals surface area contributed by atoms with Crippen LogP contribution >= 0.6 is 0 Å². The largest absolute Gasteiger partial charge is 0.493 e. The van der Waals surface area contributed by atoms with Crippen molar-refractivity contribution in [1.82, 2.24) is 4.98 Å². The summed E-state index contributed by atoms with van der Waals surface area (Å²) in [6, 6.07) is 10.8. The van der Waals surface area contributed by atoms with E-state index < -0.39 is 0 Å². The molecule has 0 aliphatic heterocycles. The molecule has 1 aliphatic carbocycles. The van der Waals surface area contributed by atoms with Gasteiger partial charge in [0.1, 0.15) is 0 Å². The van der Waals surface area contributed by atoms with E-state index in [1.54, 1.807) is 13.2 Å². The summed E-state index contributed by atoms with van der Waals surface area (Å²) in [6.07, 6.45) is 2.49. The number of hydrogen-bond acceptors (Lipinski definition) is 3. The van der Waals surface area contributed by atoms with E-state index in [0.717, 1.165) is 23.6 Å². The second kappa shape index (κ2) is 5.41. The van der Waals surface area contributed by atoms with Crippen LogP contribution in [0.5, 0.6) is 11.5 Å². The fourth-order valence-corrected chi connectivity index (χ4v) is 2.07. The number of methoxy groups -OCH3 is 1. The third-order valence-corrected chi connectivity index (χ3v) is 3.41. The maximum atomic E-state index is 11.4. The van der Waals surface area contributed by atoms with Crippen LogP contribution in [0.15, 0.2) is 41.2 Å². The Hall–Kier alpha value is -2.23. The fraction of sp³-hybridized carbons (Fsp3) is 0.312. The molecule has 4 heteroatoms. The Morgan fingerprint density at radius 1 is 1.20 bits per heavy atom. The van der Waals surface area contributed by atoms with Crippen molar-refractivity contribution in [1.29, 1.82) is 0 Å². The third kappa shape index (κ3) is 2.85. The van der Waals surface area contributed by atoms with Gasteiger partial charge in [0.25, 0.3) is 0 Å². The van der Waals surface area contributed by atoms with Crippen molar-refractivity contribution < 1.29 is 9.47 Å². The van der Waals surface area contributed by atoms with Gasteiger partial charge in [0.15, 0.2) is 11.5 Å². The maximum Gasteiger partial charge on any atom is 0.248 e. The molecule has 3 rings (SSSR count). The van der Waals surface area contributed by atoms with Gasteiger partial charge in [-0.25, -0.2) is 0 Å². The number of pyridine rings is 1. The van der Waals surface area contributed by atoms with Crippen LogP contribution in [-0.2, 0) is 0 Å². The summed E-state index contributed by atoms with van der Waals surface area (Å²) in [5.41, 5.74) is 1.57. The van der Waals surface area contributed by atoms with Crippen LogP contribution in [0.3, 0.4) is 0 Å². The number of nitrogens with one attached hydrogen (secondary N) is 1. The molecular weight excluding hydrogens is 254 g/mol. The first-order valence-electron chi connectivity index (χ1n) is 6.77. The molecule has 0 bridgehead atoms. The van der Waals surface area contributed by atoms with Crippen molar-refractivity contribution >= 4 is 0 Å². The highest BCUT2D eigenvalue weighted by atomic mass is 16.5. The monoisotopic (exact) mass is 271 g/mol. The molecule has 1 aromatic carbocycles. The number of aromatic amines is 1. The Bertz CT molecular complexity index is 659. The Morgan fingerprint density at radius 3 is 2.75 bits per heavy atom. The lowest BCUT2D eigenvalue weighted by Crippen LogP contribution is -2.04. The minimum absolute atomic E-state index is 0.112. The zero-order valence-electron chi connectivity index (χ0n) is 11.4. The number of H-pyrrole nitrogens is 1. The first-order valence-corrected chi connectivity index (χ1v) is 6.77. The molecule has 2 aromatic rings. The van der Waals surface area contributed by atoms with Crippen LogP contribution in [0.2, 0.25) is 0 Å². The predicted octanol–water partition coefficient (Wildman–Crippen LogP) is 2.84. The molecule has 1 aliphatic rings. The summed E-state index contributed by atoms with van der Waals surface area (Å²) < 4.78 is 11.1. The lowest BCUT2D eigenvalue weighted by molar-refractivity contribution is 0.280. The van der Waals surface area contributed by atoms with Gasteiger partial charge in [-0.1, -0.05) is 6.07 Å². The summed E-state index contributed by atoms with van der Waals surface area (Å²) in [6.45, 7) is 0.727. The molecule has 0 radical (unpaired) electrons. The lowest BCUT2D eigenvalue weighted by atomic mass is 10.1. The predicted molar refractivity (Wildman–Crippen MR) is 77.3 cm³/mol. The highest BCUT2D eigenvalue weighted by Gasteiger charge is 2.22. The first-order chi connectivity index (χ1) is 9.76. The molecule has 1 N–H and O–H groups in total. The second-order valence-corrected chi connectivity index (χ2v) is 5.05. The maximum absolute atomic E-state index is 11.4. The van der Waals surface area contributed by atoms with E-state index in [-0.39, 0.29) is 5.56 Å². The molecule has 1 heterocycles. The van der Waals surface area contributed by atoms with Gasteiger partial charge in [-0.3, -0.25) is 4.79 Å². The van der Waals surface area contributed by atoms with Crippen molar-refractivity contribution in [3.8, 4) is 22.8 Å². The Morgan fingerprint density at radius 2 is 2.05 bits per heavy atom. The van der Waals surface area contributed by atoms with Gasteiger partial charge >= 0.3 is 0 Å². The summed E-state index contributed by atoms with van der Waals surface area (Å²) in [5, 5.41) is 0. The molecule has 0 amide bonds. The smallest absolute Gasteiger partial charge is 0.248 e. The van der Waals surface area contributed by atoms with E-state index in [1.807, 2.05) is 24.3 Å². The minimum atomic E-state index is -0.112. The van der Waals surface area contributed by atoms with Crippen LogP contribution in [0.4, 0.5) is 0 Å². The van der Waals surface area contributed by atoms with Crippen LogP contribution in [0.25, 0.3) is 11.3 Å². The SMILES string of the molecule is COc1ccc(-c2cccc(=O)[nH]2)cc1OCC1CC1. The summed E-state index contributed by atoms with van der Waals surface area (Å²) >= 11 is 0. The van der Waals surface area contributed by atoms with Gasteiger partial charge in [-0.2, -0.15) is 0 Å².